The Labute approximate surface area is 114 Å². The van der Waals surface area contributed by atoms with Crippen LogP contribution in [0.2, 0.25) is 0 Å². The van der Waals surface area contributed by atoms with Crippen molar-refractivity contribution in [1.29, 1.82) is 0 Å². The molecule has 19 heavy (non-hydrogen) atoms. The molecule has 0 aliphatic rings. The molecule has 0 fully saturated rings. The Balaban J connectivity index is 1.93. The van der Waals surface area contributed by atoms with Gasteiger partial charge in [-0.3, -0.25) is 0 Å². The van der Waals surface area contributed by atoms with Crippen LogP contribution in [-0.2, 0) is 0 Å². The predicted octanol–water partition coefficient (Wildman–Crippen LogP) is 3.62. The van der Waals surface area contributed by atoms with Gasteiger partial charge >= 0.3 is 0 Å². The lowest BCUT2D eigenvalue weighted by atomic mass is 10.1. The monoisotopic (exact) mass is 254 g/mol. The van der Waals surface area contributed by atoms with Crippen LogP contribution in [0, 0.1) is 0 Å². The fourth-order valence-electron chi connectivity index (χ4n) is 1.69. The van der Waals surface area contributed by atoms with E-state index in [1.165, 1.54) is 5.56 Å². The highest BCUT2D eigenvalue weighted by Crippen LogP contribution is 2.14. The third-order valence-corrected chi connectivity index (χ3v) is 2.72. The third-order valence-electron chi connectivity index (χ3n) is 2.72. The number of rotatable bonds is 6. The van der Waals surface area contributed by atoms with E-state index in [-0.39, 0.29) is 6.61 Å². The summed E-state index contributed by atoms with van der Waals surface area (Å²) in [4.78, 5) is 0. The van der Waals surface area contributed by atoms with Crippen molar-refractivity contribution in [3.63, 3.8) is 0 Å². The molecule has 0 radical (unpaired) electrons. The van der Waals surface area contributed by atoms with Crippen molar-refractivity contribution in [1.82, 2.24) is 0 Å². The zero-order valence-corrected chi connectivity index (χ0v) is 10.8. The van der Waals surface area contributed by atoms with E-state index in [4.69, 9.17) is 9.84 Å². The molecule has 0 unspecified atom stereocenters. The van der Waals surface area contributed by atoms with E-state index in [1.54, 1.807) is 0 Å². The number of benzene rings is 2. The number of aliphatic hydroxyl groups excluding tert-OH is 1. The van der Waals surface area contributed by atoms with E-state index < -0.39 is 0 Å². The first-order valence-corrected chi connectivity index (χ1v) is 6.45. The molecule has 0 spiro atoms. The molecule has 0 amide bonds. The summed E-state index contributed by atoms with van der Waals surface area (Å²) in [5.74, 6) is 0.838. The van der Waals surface area contributed by atoms with Gasteiger partial charge in [0.1, 0.15) is 5.75 Å². The van der Waals surface area contributed by atoms with Gasteiger partial charge in [0.25, 0.3) is 0 Å². The van der Waals surface area contributed by atoms with E-state index >= 15 is 0 Å². The van der Waals surface area contributed by atoms with E-state index in [1.807, 2.05) is 42.5 Å². The third kappa shape index (κ3) is 4.60. The number of hydrogen-bond donors (Lipinski definition) is 1. The first-order chi connectivity index (χ1) is 9.38. The lowest BCUT2D eigenvalue weighted by Gasteiger charge is -2.04. The summed E-state index contributed by atoms with van der Waals surface area (Å²) < 4.78 is 5.48. The molecule has 1 N–H and O–H groups in total. The van der Waals surface area contributed by atoms with Gasteiger partial charge in [0.05, 0.1) is 6.61 Å². The molecule has 0 heterocycles. The number of ether oxygens (including phenoxy) is 1. The second kappa shape index (κ2) is 7.39. The molecule has 98 valence electrons. The van der Waals surface area contributed by atoms with Gasteiger partial charge < -0.3 is 9.84 Å². The maximum absolute atomic E-state index is 8.68. The van der Waals surface area contributed by atoms with Gasteiger partial charge in [-0.05, 0) is 23.3 Å². The summed E-state index contributed by atoms with van der Waals surface area (Å²) in [6.07, 6.45) is 4.82. The maximum atomic E-state index is 8.68. The van der Waals surface area contributed by atoms with Crippen LogP contribution in [0.5, 0.6) is 5.75 Å². The minimum absolute atomic E-state index is 0.165. The van der Waals surface area contributed by atoms with Crippen molar-refractivity contribution in [3.8, 4) is 5.75 Å². The normalized spacial score (nSPS) is 10.8. The molecule has 0 saturated carbocycles. The van der Waals surface area contributed by atoms with E-state index in [0.717, 1.165) is 11.3 Å². The molecule has 0 bridgehead atoms. The lowest BCUT2D eigenvalue weighted by molar-refractivity contribution is 0.233. The molecule has 0 aromatic heterocycles. The number of aliphatic hydroxyl groups is 1. The van der Waals surface area contributed by atoms with Gasteiger partial charge in [0.15, 0.2) is 0 Å². The van der Waals surface area contributed by atoms with Crippen LogP contribution in [-0.4, -0.2) is 18.3 Å². The highest BCUT2D eigenvalue weighted by molar-refractivity contribution is 5.69. The SMILES string of the molecule is OCCCOc1ccc(C=Cc2ccccc2)cc1. The maximum Gasteiger partial charge on any atom is 0.119 e. The topological polar surface area (TPSA) is 29.5 Å². The van der Waals surface area contributed by atoms with Gasteiger partial charge in [0.2, 0.25) is 0 Å². The van der Waals surface area contributed by atoms with Gasteiger partial charge in [-0.1, -0.05) is 54.6 Å². The quantitative estimate of drug-likeness (QED) is 0.630. The molecule has 0 atom stereocenters. The first-order valence-electron chi connectivity index (χ1n) is 6.45. The van der Waals surface area contributed by atoms with Crippen LogP contribution >= 0.6 is 0 Å². The van der Waals surface area contributed by atoms with E-state index in [0.29, 0.717) is 13.0 Å². The van der Waals surface area contributed by atoms with Crippen molar-refractivity contribution < 1.29 is 9.84 Å². The van der Waals surface area contributed by atoms with Crippen LogP contribution < -0.4 is 4.74 Å². The Morgan fingerprint density at radius 1 is 0.842 bits per heavy atom. The molecule has 2 aromatic carbocycles. The van der Waals surface area contributed by atoms with Crippen LogP contribution in [0.1, 0.15) is 17.5 Å². The molecule has 0 saturated heterocycles. The van der Waals surface area contributed by atoms with Crippen LogP contribution in [0.25, 0.3) is 12.2 Å². The van der Waals surface area contributed by atoms with Crippen molar-refractivity contribution in [2.24, 2.45) is 0 Å². The molecule has 2 rings (SSSR count). The summed E-state index contributed by atoms with van der Waals surface area (Å²) in [6, 6.07) is 18.1. The first kappa shape index (κ1) is 13.4. The Hall–Kier alpha value is -2.06. The van der Waals surface area contributed by atoms with Crippen LogP contribution in [0.4, 0.5) is 0 Å². The summed E-state index contributed by atoms with van der Waals surface area (Å²) in [5, 5.41) is 8.68. The fourth-order valence-corrected chi connectivity index (χ4v) is 1.69. The summed E-state index contributed by atoms with van der Waals surface area (Å²) in [6.45, 7) is 0.716. The Morgan fingerprint density at radius 2 is 1.47 bits per heavy atom. The van der Waals surface area contributed by atoms with Crippen molar-refractivity contribution in [2.45, 2.75) is 6.42 Å². The average Bonchev–Trinajstić information content (AvgIpc) is 2.48. The Bertz CT molecular complexity index is 501. The van der Waals surface area contributed by atoms with E-state index in [2.05, 4.69) is 24.3 Å². The van der Waals surface area contributed by atoms with Gasteiger partial charge in [-0.2, -0.15) is 0 Å². The molecule has 2 aromatic rings. The van der Waals surface area contributed by atoms with E-state index in [9.17, 15) is 0 Å². The standard InChI is InChI=1S/C17H18O2/c18-13-4-14-19-17-11-9-16(10-12-17)8-7-15-5-2-1-3-6-15/h1-3,5-12,18H,4,13-14H2. The molecule has 2 nitrogen and oxygen atoms in total. The lowest BCUT2D eigenvalue weighted by Crippen LogP contribution is -1.99. The van der Waals surface area contributed by atoms with Crippen molar-refractivity contribution in [3.05, 3.63) is 65.7 Å². The van der Waals surface area contributed by atoms with Crippen LogP contribution in [0.15, 0.2) is 54.6 Å². The zero-order valence-electron chi connectivity index (χ0n) is 10.8. The zero-order chi connectivity index (χ0) is 13.3. The van der Waals surface area contributed by atoms with Gasteiger partial charge in [-0.15, -0.1) is 0 Å². The largest absolute Gasteiger partial charge is 0.494 e. The van der Waals surface area contributed by atoms with Crippen LogP contribution in [0.3, 0.4) is 0 Å². The van der Waals surface area contributed by atoms with Crippen molar-refractivity contribution >= 4 is 12.2 Å². The molecule has 0 aliphatic heterocycles. The smallest absolute Gasteiger partial charge is 0.119 e. The minimum Gasteiger partial charge on any atom is -0.494 e. The average molecular weight is 254 g/mol. The Kier molecular flexibility index (Phi) is 5.20. The summed E-state index contributed by atoms with van der Waals surface area (Å²) in [7, 11) is 0. The molecular weight excluding hydrogens is 236 g/mol. The predicted molar refractivity (Wildman–Crippen MR) is 79.0 cm³/mol. The van der Waals surface area contributed by atoms with Gasteiger partial charge in [-0.25, -0.2) is 0 Å². The summed E-state index contributed by atoms with van der Waals surface area (Å²) >= 11 is 0. The summed E-state index contributed by atoms with van der Waals surface area (Å²) in [5.41, 5.74) is 2.32. The second-order valence-electron chi connectivity index (χ2n) is 4.24. The fraction of sp³-hybridized carbons (Fsp3) is 0.176. The Morgan fingerprint density at radius 3 is 2.11 bits per heavy atom. The molecule has 0 aliphatic carbocycles. The molecular formula is C17H18O2. The molecule has 2 heteroatoms. The highest BCUT2D eigenvalue weighted by Gasteiger charge is 1.93. The van der Waals surface area contributed by atoms with Gasteiger partial charge in [0, 0.05) is 13.0 Å². The minimum atomic E-state index is 0.165. The number of hydrogen-bond acceptors (Lipinski definition) is 2. The second-order valence-corrected chi connectivity index (χ2v) is 4.24. The highest BCUT2D eigenvalue weighted by atomic mass is 16.5. The van der Waals surface area contributed by atoms with Crippen molar-refractivity contribution in [2.75, 3.05) is 13.2 Å².